The average molecular weight is 217 g/mol. The van der Waals surface area contributed by atoms with Crippen LogP contribution in [0.25, 0.3) is 0 Å². The molecule has 1 atom stereocenters. The summed E-state index contributed by atoms with van der Waals surface area (Å²) in [5.74, 6) is -2.24. The monoisotopic (exact) mass is 217 g/mol. The third kappa shape index (κ3) is 3.27. The molecule has 1 heterocycles. The van der Waals surface area contributed by atoms with Crippen LogP contribution in [-0.2, 0) is 0 Å². The molecule has 15 heavy (non-hydrogen) atoms. The number of nitrogens with zero attached hydrogens (tertiary/aromatic N) is 2. The number of nitrogens with two attached hydrogens (primary N) is 1. The fourth-order valence-electron chi connectivity index (χ4n) is 1.59. The molecule has 0 aliphatic carbocycles. The highest BCUT2D eigenvalue weighted by atomic mass is 19.3. The molecule has 0 aromatic carbocycles. The Hall–Kier alpha value is -0.970. The van der Waals surface area contributed by atoms with E-state index in [1.807, 2.05) is 0 Å². The Bertz CT molecular complexity index is 286. The molecule has 0 spiro atoms. The molecule has 86 valence electrons. The van der Waals surface area contributed by atoms with Crippen molar-refractivity contribution in [2.45, 2.75) is 32.2 Å². The van der Waals surface area contributed by atoms with Crippen molar-refractivity contribution in [3.63, 3.8) is 0 Å². The summed E-state index contributed by atoms with van der Waals surface area (Å²) in [4.78, 5) is 5.62. The maximum Gasteiger partial charge on any atom is 0.261 e. The van der Waals surface area contributed by atoms with Gasteiger partial charge >= 0.3 is 0 Å². The van der Waals surface area contributed by atoms with Crippen molar-refractivity contribution in [2.75, 3.05) is 13.1 Å². The van der Waals surface area contributed by atoms with E-state index in [0.29, 0.717) is 18.1 Å². The van der Waals surface area contributed by atoms with Crippen LogP contribution in [0.15, 0.2) is 17.3 Å². The highest BCUT2D eigenvalue weighted by molar-refractivity contribution is 5.86. The maximum absolute atomic E-state index is 12.9. The van der Waals surface area contributed by atoms with Crippen LogP contribution in [0.4, 0.5) is 8.78 Å². The quantitative estimate of drug-likeness (QED) is 0.576. The maximum atomic E-state index is 12.9. The molecule has 5 heteroatoms. The van der Waals surface area contributed by atoms with Crippen LogP contribution in [-0.4, -0.2) is 35.8 Å². The average Bonchev–Trinajstić information content (AvgIpc) is 2.43. The molecule has 0 bridgehead atoms. The Labute approximate surface area is 88.7 Å². The van der Waals surface area contributed by atoms with Gasteiger partial charge in [0.15, 0.2) is 0 Å². The summed E-state index contributed by atoms with van der Waals surface area (Å²) in [5, 5.41) is 0. The standard InChI is InChI=1S/C10H17F2N3/c1-7(2)14-9(13)8(3)15-5-4-10(11,12)6-15/h8H,1,4-6H2,2-3H3,(H2,13,14). The van der Waals surface area contributed by atoms with Crippen molar-refractivity contribution in [2.24, 2.45) is 10.7 Å². The summed E-state index contributed by atoms with van der Waals surface area (Å²) in [7, 11) is 0. The van der Waals surface area contributed by atoms with Gasteiger partial charge in [-0.1, -0.05) is 6.58 Å². The molecule has 0 saturated carbocycles. The van der Waals surface area contributed by atoms with E-state index >= 15 is 0 Å². The SMILES string of the molecule is C=C(C)N=C(N)C(C)N1CCC(F)(F)C1. The molecular weight excluding hydrogens is 200 g/mol. The second kappa shape index (κ2) is 4.26. The van der Waals surface area contributed by atoms with Gasteiger partial charge in [-0.05, 0) is 13.8 Å². The molecular formula is C10H17F2N3. The van der Waals surface area contributed by atoms with Gasteiger partial charge in [-0.15, -0.1) is 0 Å². The Morgan fingerprint density at radius 2 is 2.20 bits per heavy atom. The number of hydrogen-bond acceptors (Lipinski definition) is 2. The molecule has 0 aromatic heterocycles. The minimum Gasteiger partial charge on any atom is -0.386 e. The van der Waals surface area contributed by atoms with E-state index in [4.69, 9.17) is 5.73 Å². The van der Waals surface area contributed by atoms with Gasteiger partial charge in [0, 0.05) is 18.7 Å². The number of aliphatic imine (C=N–C) groups is 1. The Kier molecular flexibility index (Phi) is 3.44. The number of alkyl halides is 2. The van der Waals surface area contributed by atoms with Crippen molar-refractivity contribution in [3.8, 4) is 0 Å². The van der Waals surface area contributed by atoms with E-state index in [9.17, 15) is 8.78 Å². The Morgan fingerprint density at radius 1 is 1.60 bits per heavy atom. The lowest BCUT2D eigenvalue weighted by molar-refractivity contribution is 0.0109. The van der Waals surface area contributed by atoms with E-state index in [2.05, 4.69) is 11.6 Å². The number of halogens is 2. The molecule has 1 rings (SSSR count). The van der Waals surface area contributed by atoms with E-state index in [0.717, 1.165) is 0 Å². The van der Waals surface area contributed by atoms with E-state index in [-0.39, 0.29) is 19.0 Å². The highest BCUT2D eigenvalue weighted by Gasteiger charge is 2.40. The van der Waals surface area contributed by atoms with Crippen LogP contribution in [0.2, 0.25) is 0 Å². The third-order valence-electron chi connectivity index (χ3n) is 2.49. The number of rotatable bonds is 3. The summed E-state index contributed by atoms with van der Waals surface area (Å²) in [5.41, 5.74) is 6.28. The molecule has 1 aliphatic rings. The molecule has 1 unspecified atom stereocenters. The minimum atomic E-state index is -2.59. The van der Waals surface area contributed by atoms with Gasteiger partial charge in [-0.2, -0.15) is 0 Å². The highest BCUT2D eigenvalue weighted by Crippen LogP contribution is 2.28. The number of amidine groups is 1. The zero-order chi connectivity index (χ0) is 11.6. The Morgan fingerprint density at radius 3 is 2.60 bits per heavy atom. The normalized spacial score (nSPS) is 24.1. The van der Waals surface area contributed by atoms with Crippen LogP contribution >= 0.6 is 0 Å². The molecule has 0 aromatic rings. The smallest absolute Gasteiger partial charge is 0.261 e. The third-order valence-corrected chi connectivity index (χ3v) is 2.49. The topological polar surface area (TPSA) is 41.6 Å². The zero-order valence-corrected chi connectivity index (χ0v) is 9.13. The van der Waals surface area contributed by atoms with Crippen molar-refractivity contribution in [1.29, 1.82) is 0 Å². The summed E-state index contributed by atoms with van der Waals surface area (Å²) >= 11 is 0. The molecule has 1 aliphatic heterocycles. The molecule has 0 radical (unpaired) electrons. The fourth-order valence-corrected chi connectivity index (χ4v) is 1.59. The van der Waals surface area contributed by atoms with Gasteiger partial charge in [0.2, 0.25) is 0 Å². The lowest BCUT2D eigenvalue weighted by atomic mass is 10.2. The number of allylic oxidation sites excluding steroid dienone is 1. The molecule has 0 amide bonds. The van der Waals surface area contributed by atoms with E-state index in [1.54, 1.807) is 18.7 Å². The number of hydrogen-bond donors (Lipinski definition) is 1. The largest absolute Gasteiger partial charge is 0.386 e. The van der Waals surface area contributed by atoms with Crippen LogP contribution < -0.4 is 5.73 Å². The second-order valence-corrected chi connectivity index (χ2v) is 4.02. The first-order valence-electron chi connectivity index (χ1n) is 4.93. The first kappa shape index (κ1) is 12.1. The van der Waals surface area contributed by atoms with Crippen molar-refractivity contribution < 1.29 is 8.78 Å². The number of likely N-dealkylation sites (tertiary alicyclic amines) is 1. The van der Waals surface area contributed by atoms with Gasteiger partial charge in [-0.3, -0.25) is 4.90 Å². The molecule has 2 N–H and O–H groups in total. The van der Waals surface area contributed by atoms with E-state index < -0.39 is 5.92 Å². The first-order chi connectivity index (χ1) is 6.82. The summed E-state index contributed by atoms with van der Waals surface area (Å²) in [6.07, 6.45) is -0.0995. The van der Waals surface area contributed by atoms with Crippen molar-refractivity contribution >= 4 is 5.84 Å². The second-order valence-electron chi connectivity index (χ2n) is 4.02. The molecule has 1 saturated heterocycles. The molecule has 3 nitrogen and oxygen atoms in total. The summed E-state index contributed by atoms with van der Waals surface area (Å²) < 4.78 is 25.9. The van der Waals surface area contributed by atoms with Crippen molar-refractivity contribution in [3.05, 3.63) is 12.3 Å². The fraction of sp³-hybridized carbons (Fsp3) is 0.700. The predicted octanol–water partition coefficient (Wildman–Crippen LogP) is 1.61. The van der Waals surface area contributed by atoms with Crippen LogP contribution in [0.5, 0.6) is 0 Å². The van der Waals surface area contributed by atoms with Gasteiger partial charge in [0.25, 0.3) is 5.92 Å². The first-order valence-corrected chi connectivity index (χ1v) is 4.93. The zero-order valence-electron chi connectivity index (χ0n) is 9.13. The van der Waals surface area contributed by atoms with Crippen LogP contribution in [0, 0.1) is 0 Å². The molecule has 1 fully saturated rings. The van der Waals surface area contributed by atoms with Gasteiger partial charge in [-0.25, -0.2) is 13.8 Å². The van der Waals surface area contributed by atoms with Crippen molar-refractivity contribution in [1.82, 2.24) is 4.90 Å². The Balaban J connectivity index is 2.62. The van der Waals surface area contributed by atoms with Gasteiger partial charge < -0.3 is 5.73 Å². The van der Waals surface area contributed by atoms with Crippen LogP contribution in [0.1, 0.15) is 20.3 Å². The summed E-state index contributed by atoms with van der Waals surface area (Å²) in [6, 6.07) is -0.255. The van der Waals surface area contributed by atoms with Gasteiger partial charge in [0.1, 0.15) is 5.84 Å². The lowest BCUT2D eigenvalue weighted by Crippen LogP contribution is -2.42. The van der Waals surface area contributed by atoms with E-state index in [1.165, 1.54) is 0 Å². The summed E-state index contributed by atoms with van der Waals surface area (Å²) in [6.45, 7) is 7.23. The van der Waals surface area contributed by atoms with Crippen LogP contribution in [0.3, 0.4) is 0 Å². The minimum absolute atomic E-state index is 0.0995. The van der Waals surface area contributed by atoms with Gasteiger partial charge in [0.05, 0.1) is 12.6 Å². The lowest BCUT2D eigenvalue weighted by Gasteiger charge is -2.23. The predicted molar refractivity (Wildman–Crippen MR) is 57.0 cm³/mol.